The van der Waals surface area contributed by atoms with Crippen molar-refractivity contribution in [2.45, 2.75) is 33.3 Å². The SMILES string of the molecule is Cc1cc(C)c(OCCC(O)CN)c(C)c1. The van der Waals surface area contributed by atoms with Crippen LogP contribution in [0.25, 0.3) is 0 Å². The van der Waals surface area contributed by atoms with Gasteiger partial charge in [0.05, 0.1) is 12.7 Å². The molecular weight excluding hydrogens is 202 g/mol. The zero-order valence-corrected chi connectivity index (χ0v) is 10.3. The molecule has 0 saturated carbocycles. The van der Waals surface area contributed by atoms with E-state index in [1.165, 1.54) is 5.56 Å². The summed E-state index contributed by atoms with van der Waals surface area (Å²) in [6, 6.07) is 4.20. The molecule has 0 aliphatic heterocycles. The standard InChI is InChI=1S/C13H21NO2/c1-9-6-10(2)13(11(3)7-9)16-5-4-12(15)8-14/h6-7,12,15H,4-5,8,14H2,1-3H3. The van der Waals surface area contributed by atoms with Crippen LogP contribution in [0, 0.1) is 20.8 Å². The van der Waals surface area contributed by atoms with Crippen molar-refractivity contribution >= 4 is 0 Å². The van der Waals surface area contributed by atoms with Crippen LogP contribution in [0.2, 0.25) is 0 Å². The Hall–Kier alpha value is -1.06. The number of nitrogens with two attached hydrogens (primary N) is 1. The van der Waals surface area contributed by atoms with Crippen LogP contribution in [-0.2, 0) is 0 Å². The average molecular weight is 223 g/mol. The first-order chi connectivity index (χ1) is 7.54. The summed E-state index contributed by atoms with van der Waals surface area (Å²) in [5.74, 6) is 0.926. The highest BCUT2D eigenvalue weighted by Crippen LogP contribution is 2.24. The smallest absolute Gasteiger partial charge is 0.125 e. The molecule has 0 radical (unpaired) electrons. The fraction of sp³-hybridized carbons (Fsp3) is 0.538. The van der Waals surface area contributed by atoms with Crippen LogP contribution in [0.1, 0.15) is 23.1 Å². The van der Waals surface area contributed by atoms with Crippen molar-refractivity contribution in [1.29, 1.82) is 0 Å². The molecule has 1 aromatic carbocycles. The quantitative estimate of drug-likeness (QED) is 0.799. The van der Waals surface area contributed by atoms with E-state index >= 15 is 0 Å². The maximum Gasteiger partial charge on any atom is 0.125 e. The number of rotatable bonds is 5. The number of ether oxygens (including phenoxy) is 1. The summed E-state index contributed by atoms with van der Waals surface area (Å²) in [6.45, 7) is 6.93. The Morgan fingerprint density at radius 2 is 1.81 bits per heavy atom. The molecule has 3 nitrogen and oxygen atoms in total. The number of benzene rings is 1. The molecule has 1 unspecified atom stereocenters. The third kappa shape index (κ3) is 3.51. The number of hydrogen-bond donors (Lipinski definition) is 2. The second-order valence-electron chi connectivity index (χ2n) is 4.25. The van der Waals surface area contributed by atoms with Gasteiger partial charge >= 0.3 is 0 Å². The van der Waals surface area contributed by atoms with E-state index in [4.69, 9.17) is 10.5 Å². The van der Waals surface area contributed by atoms with E-state index in [1.54, 1.807) is 0 Å². The average Bonchev–Trinajstić information content (AvgIpc) is 2.21. The van der Waals surface area contributed by atoms with Crippen LogP contribution in [0.5, 0.6) is 5.75 Å². The normalized spacial score (nSPS) is 12.6. The fourth-order valence-electron chi connectivity index (χ4n) is 1.81. The van der Waals surface area contributed by atoms with Crippen molar-refractivity contribution in [2.24, 2.45) is 5.73 Å². The number of aliphatic hydroxyl groups is 1. The highest BCUT2D eigenvalue weighted by atomic mass is 16.5. The summed E-state index contributed by atoms with van der Waals surface area (Å²) >= 11 is 0. The molecule has 0 amide bonds. The molecule has 0 aliphatic carbocycles. The van der Waals surface area contributed by atoms with Crippen LogP contribution in [0.15, 0.2) is 12.1 Å². The van der Waals surface area contributed by atoms with E-state index in [9.17, 15) is 5.11 Å². The minimum atomic E-state index is -0.467. The molecule has 0 fully saturated rings. The second kappa shape index (κ2) is 5.87. The Bertz CT molecular complexity index is 327. The molecule has 90 valence electrons. The Morgan fingerprint density at radius 3 is 2.31 bits per heavy atom. The van der Waals surface area contributed by atoms with E-state index in [0.29, 0.717) is 13.0 Å². The van der Waals surface area contributed by atoms with Gasteiger partial charge in [0, 0.05) is 13.0 Å². The number of aryl methyl sites for hydroxylation is 3. The van der Waals surface area contributed by atoms with Crippen LogP contribution >= 0.6 is 0 Å². The molecule has 1 aromatic rings. The van der Waals surface area contributed by atoms with E-state index < -0.39 is 6.10 Å². The molecule has 0 saturated heterocycles. The van der Waals surface area contributed by atoms with Gasteiger partial charge in [0.15, 0.2) is 0 Å². The molecular formula is C13H21NO2. The Kier molecular flexibility index (Phi) is 4.77. The summed E-state index contributed by atoms with van der Waals surface area (Å²) < 4.78 is 5.68. The first kappa shape index (κ1) is 13.0. The Morgan fingerprint density at radius 1 is 1.25 bits per heavy atom. The zero-order valence-electron chi connectivity index (χ0n) is 10.3. The maximum atomic E-state index is 9.31. The van der Waals surface area contributed by atoms with Crippen LogP contribution in [0.3, 0.4) is 0 Å². The monoisotopic (exact) mass is 223 g/mol. The molecule has 3 N–H and O–H groups in total. The van der Waals surface area contributed by atoms with Crippen LogP contribution in [0.4, 0.5) is 0 Å². The zero-order chi connectivity index (χ0) is 12.1. The van der Waals surface area contributed by atoms with E-state index in [-0.39, 0.29) is 6.54 Å². The van der Waals surface area contributed by atoms with E-state index in [1.807, 2.05) is 13.8 Å². The summed E-state index contributed by atoms with van der Waals surface area (Å²) in [7, 11) is 0. The molecule has 0 spiro atoms. The molecule has 0 heterocycles. The van der Waals surface area contributed by atoms with Crippen LogP contribution < -0.4 is 10.5 Å². The van der Waals surface area contributed by atoms with Gasteiger partial charge in [0.2, 0.25) is 0 Å². The van der Waals surface area contributed by atoms with Gasteiger partial charge in [-0.2, -0.15) is 0 Å². The topological polar surface area (TPSA) is 55.5 Å². The maximum absolute atomic E-state index is 9.31. The highest BCUT2D eigenvalue weighted by molar-refractivity contribution is 5.42. The lowest BCUT2D eigenvalue weighted by Gasteiger charge is -2.14. The summed E-state index contributed by atoms with van der Waals surface area (Å²) in [6.07, 6.45) is 0.106. The molecule has 0 aromatic heterocycles. The van der Waals surface area contributed by atoms with Crippen LogP contribution in [-0.4, -0.2) is 24.4 Å². The molecule has 16 heavy (non-hydrogen) atoms. The van der Waals surface area contributed by atoms with Crippen molar-refractivity contribution in [3.63, 3.8) is 0 Å². The van der Waals surface area contributed by atoms with Gasteiger partial charge < -0.3 is 15.6 Å². The van der Waals surface area contributed by atoms with Gasteiger partial charge in [0.25, 0.3) is 0 Å². The number of aliphatic hydroxyl groups excluding tert-OH is 1. The summed E-state index contributed by atoms with van der Waals surface area (Å²) in [4.78, 5) is 0. The molecule has 0 bridgehead atoms. The van der Waals surface area contributed by atoms with Crippen molar-refractivity contribution in [1.82, 2.24) is 0 Å². The third-order valence-electron chi connectivity index (χ3n) is 2.57. The Balaban J connectivity index is 2.60. The van der Waals surface area contributed by atoms with Gasteiger partial charge in [-0.3, -0.25) is 0 Å². The lowest BCUT2D eigenvalue weighted by Crippen LogP contribution is -2.22. The molecule has 0 aliphatic rings. The predicted molar refractivity (Wildman–Crippen MR) is 65.8 cm³/mol. The molecule has 1 atom stereocenters. The van der Waals surface area contributed by atoms with Gasteiger partial charge in [-0.25, -0.2) is 0 Å². The minimum Gasteiger partial charge on any atom is -0.493 e. The van der Waals surface area contributed by atoms with Crippen molar-refractivity contribution in [2.75, 3.05) is 13.2 Å². The van der Waals surface area contributed by atoms with Crippen molar-refractivity contribution < 1.29 is 9.84 Å². The molecule has 3 heteroatoms. The van der Waals surface area contributed by atoms with Crippen molar-refractivity contribution in [3.8, 4) is 5.75 Å². The summed E-state index contributed by atoms with van der Waals surface area (Å²) in [5, 5.41) is 9.31. The predicted octanol–water partition coefficient (Wildman–Crippen LogP) is 1.70. The van der Waals surface area contributed by atoms with Gasteiger partial charge in [0.1, 0.15) is 5.75 Å². The van der Waals surface area contributed by atoms with Crippen molar-refractivity contribution in [3.05, 3.63) is 28.8 Å². The first-order valence-electron chi connectivity index (χ1n) is 5.63. The lowest BCUT2D eigenvalue weighted by atomic mass is 10.1. The van der Waals surface area contributed by atoms with E-state index in [2.05, 4.69) is 19.1 Å². The lowest BCUT2D eigenvalue weighted by molar-refractivity contribution is 0.145. The summed E-state index contributed by atoms with van der Waals surface area (Å²) in [5.41, 5.74) is 8.84. The highest BCUT2D eigenvalue weighted by Gasteiger charge is 2.06. The number of hydrogen-bond acceptors (Lipinski definition) is 3. The fourth-order valence-corrected chi connectivity index (χ4v) is 1.81. The minimum absolute atomic E-state index is 0.287. The van der Waals surface area contributed by atoms with E-state index in [0.717, 1.165) is 16.9 Å². The second-order valence-corrected chi connectivity index (χ2v) is 4.25. The van der Waals surface area contributed by atoms with Gasteiger partial charge in [-0.15, -0.1) is 0 Å². The Labute approximate surface area is 97.2 Å². The molecule has 1 rings (SSSR count). The largest absolute Gasteiger partial charge is 0.493 e. The first-order valence-corrected chi connectivity index (χ1v) is 5.63. The van der Waals surface area contributed by atoms with Gasteiger partial charge in [-0.05, 0) is 31.9 Å². The third-order valence-corrected chi connectivity index (χ3v) is 2.57. The van der Waals surface area contributed by atoms with Gasteiger partial charge in [-0.1, -0.05) is 17.7 Å².